The second-order valence-electron chi connectivity index (χ2n) is 4.66. The Kier molecular flexibility index (Phi) is 5.59. The van der Waals surface area contributed by atoms with Crippen LogP contribution < -0.4 is 5.73 Å². The average Bonchev–Trinajstić information content (AvgIpc) is 2.29. The van der Waals surface area contributed by atoms with Gasteiger partial charge >= 0.3 is 0 Å². The van der Waals surface area contributed by atoms with Crippen molar-refractivity contribution < 1.29 is 4.39 Å². The van der Waals surface area contributed by atoms with E-state index in [4.69, 9.17) is 5.73 Å². The predicted octanol–water partition coefficient (Wildman–Crippen LogP) is 2.95. The molecule has 0 aromatic heterocycles. The quantitative estimate of drug-likeness (QED) is 0.825. The highest BCUT2D eigenvalue weighted by atomic mass is 19.1. The molecule has 0 aliphatic rings. The summed E-state index contributed by atoms with van der Waals surface area (Å²) in [4.78, 5) is 2.15. The topological polar surface area (TPSA) is 29.3 Å². The Morgan fingerprint density at radius 2 is 2.00 bits per heavy atom. The van der Waals surface area contributed by atoms with Gasteiger partial charge in [0.05, 0.1) is 6.04 Å². The van der Waals surface area contributed by atoms with Gasteiger partial charge in [-0.05, 0) is 33.0 Å². The van der Waals surface area contributed by atoms with Crippen LogP contribution in [0.2, 0.25) is 0 Å². The lowest BCUT2D eigenvalue weighted by Gasteiger charge is -2.31. The molecule has 0 bridgehead atoms. The summed E-state index contributed by atoms with van der Waals surface area (Å²) in [5.74, 6) is -0.168. The molecule has 3 heteroatoms. The van der Waals surface area contributed by atoms with Gasteiger partial charge in [0.15, 0.2) is 0 Å². The van der Waals surface area contributed by atoms with Gasteiger partial charge in [0.1, 0.15) is 5.82 Å². The van der Waals surface area contributed by atoms with E-state index in [0.29, 0.717) is 5.56 Å². The maximum absolute atomic E-state index is 13.8. The smallest absolute Gasteiger partial charge is 0.128 e. The molecule has 2 N–H and O–H groups in total. The Hall–Kier alpha value is -0.930. The largest absolute Gasteiger partial charge is 0.326 e. The van der Waals surface area contributed by atoms with E-state index in [0.717, 1.165) is 19.4 Å². The van der Waals surface area contributed by atoms with Gasteiger partial charge in [0.2, 0.25) is 0 Å². The number of likely N-dealkylation sites (N-methyl/N-ethyl adjacent to an activating group) is 1. The van der Waals surface area contributed by atoms with Gasteiger partial charge in [-0.15, -0.1) is 0 Å². The lowest BCUT2D eigenvalue weighted by molar-refractivity contribution is 0.211. The van der Waals surface area contributed by atoms with Crippen LogP contribution in [0.1, 0.15) is 38.3 Å². The molecule has 2 unspecified atom stereocenters. The molecule has 0 aliphatic carbocycles. The highest BCUT2D eigenvalue weighted by Gasteiger charge is 2.23. The molecule has 0 fully saturated rings. The fourth-order valence-electron chi connectivity index (χ4n) is 2.18. The lowest BCUT2D eigenvalue weighted by atomic mass is 9.99. The van der Waals surface area contributed by atoms with Crippen molar-refractivity contribution in [2.45, 2.75) is 38.8 Å². The predicted molar refractivity (Wildman–Crippen MR) is 70.3 cm³/mol. The number of hydrogen-bond donors (Lipinski definition) is 1. The minimum Gasteiger partial charge on any atom is -0.326 e. The van der Waals surface area contributed by atoms with E-state index >= 15 is 0 Å². The summed E-state index contributed by atoms with van der Waals surface area (Å²) in [5.41, 5.74) is 6.70. The number of benzene rings is 1. The molecule has 2 atom stereocenters. The van der Waals surface area contributed by atoms with Crippen molar-refractivity contribution in [3.05, 3.63) is 35.6 Å². The third-order valence-corrected chi connectivity index (χ3v) is 3.06. The fourth-order valence-corrected chi connectivity index (χ4v) is 2.18. The van der Waals surface area contributed by atoms with Crippen LogP contribution in [-0.4, -0.2) is 24.5 Å². The zero-order chi connectivity index (χ0) is 12.8. The molecule has 1 aromatic carbocycles. The minimum atomic E-state index is -0.168. The van der Waals surface area contributed by atoms with Gasteiger partial charge in [-0.3, -0.25) is 4.90 Å². The lowest BCUT2D eigenvalue weighted by Crippen LogP contribution is -2.38. The van der Waals surface area contributed by atoms with E-state index in [2.05, 4.69) is 11.8 Å². The standard InChI is InChI=1S/C14H23FN2/c1-4-5-10-17(3)14(11(2)16)12-8-6-7-9-13(12)15/h6-9,11,14H,4-5,10,16H2,1-3H3. The van der Waals surface area contributed by atoms with Crippen LogP contribution in [0.5, 0.6) is 0 Å². The third kappa shape index (κ3) is 3.79. The van der Waals surface area contributed by atoms with E-state index in [9.17, 15) is 4.39 Å². The Morgan fingerprint density at radius 1 is 1.35 bits per heavy atom. The molecule has 0 radical (unpaired) electrons. The zero-order valence-electron chi connectivity index (χ0n) is 11.0. The third-order valence-electron chi connectivity index (χ3n) is 3.06. The first-order chi connectivity index (χ1) is 8.07. The van der Waals surface area contributed by atoms with Gasteiger partial charge < -0.3 is 5.73 Å². The maximum atomic E-state index is 13.8. The van der Waals surface area contributed by atoms with Crippen molar-refractivity contribution >= 4 is 0 Å². The van der Waals surface area contributed by atoms with Gasteiger partial charge in [-0.1, -0.05) is 31.5 Å². The van der Waals surface area contributed by atoms with Crippen molar-refractivity contribution in [2.24, 2.45) is 5.73 Å². The van der Waals surface area contributed by atoms with Crippen molar-refractivity contribution in [3.63, 3.8) is 0 Å². The summed E-state index contributed by atoms with van der Waals surface area (Å²) >= 11 is 0. The number of rotatable bonds is 6. The van der Waals surface area contributed by atoms with Crippen LogP contribution in [0.25, 0.3) is 0 Å². The Balaban J connectivity index is 2.89. The molecule has 0 aliphatic heterocycles. The summed E-state index contributed by atoms with van der Waals surface area (Å²) in [6.45, 7) is 5.02. The van der Waals surface area contributed by atoms with Crippen LogP contribution in [0.4, 0.5) is 4.39 Å². The number of halogens is 1. The SMILES string of the molecule is CCCCN(C)C(c1ccccc1F)C(C)N. The van der Waals surface area contributed by atoms with Gasteiger partial charge in [0, 0.05) is 11.6 Å². The summed E-state index contributed by atoms with van der Waals surface area (Å²) in [7, 11) is 2.01. The van der Waals surface area contributed by atoms with Gasteiger partial charge in [0.25, 0.3) is 0 Å². The second-order valence-corrected chi connectivity index (χ2v) is 4.66. The van der Waals surface area contributed by atoms with Crippen LogP contribution in [0, 0.1) is 5.82 Å². The number of nitrogens with zero attached hydrogens (tertiary/aromatic N) is 1. The molecule has 0 heterocycles. The Bertz CT molecular complexity index is 339. The van der Waals surface area contributed by atoms with Crippen LogP contribution in [0.15, 0.2) is 24.3 Å². The molecule has 17 heavy (non-hydrogen) atoms. The highest BCUT2D eigenvalue weighted by molar-refractivity contribution is 5.22. The van der Waals surface area contributed by atoms with Gasteiger partial charge in [-0.25, -0.2) is 4.39 Å². The number of nitrogens with two attached hydrogens (primary N) is 1. The summed E-state index contributed by atoms with van der Waals surface area (Å²) < 4.78 is 13.8. The molecule has 0 spiro atoms. The Labute approximate surface area is 104 Å². The molecule has 0 saturated carbocycles. The van der Waals surface area contributed by atoms with Crippen LogP contribution in [-0.2, 0) is 0 Å². The molecular formula is C14H23FN2. The monoisotopic (exact) mass is 238 g/mol. The minimum absolute atomic E-state index is 0.0530. The molecule has 96 valence electrons. The van der Waals surface area contributed by atoms with Crippen molar-refractivity contribution in [1.29, 1.82) is 0 Å². The highest BCUT2D eigenvalue weighted by Crippen LogP contribution is 2.24. The van der Waals surface area contributed by atoms with E-state index < -0.39 is 0 Å². The number of hydrogen-bond acceptors (Lipinski definition) is 2. The van der Waals surface area contributed by atoms with Crippen LogP contribution >= 0.6 is 0 Å². The van der Waals surface area contributed by atoms with Gasteiger partial charge in [-0.2, -0.15) is 0 Å². The van der Waals surface area contributed by atoms with Crippen molar-refractivity contribution in [1.82, 2.24) is 4.90 Å². The van der Waals surface area contributed by atoms with E-state index in [1.165, 1.54) is 6.07 Å². The molecule has 0 saturated heterocycles. The van der Waals surface area contributed by atoms with Crippen molar-refractivity contribution in [2.75, 3.05) is 13.6 Å². The molecule has 1 rings (SSSR count). The summed E-state index contributed by atoms with van der Waals surface area (Å²) in [5, 5.41) is 0. The molecule has 1 aromatic rings. The number of unbranched alkanes of at least 4 members (excludes halogenated alkanes) is 1. The maximum Gasteiger partial charge on any atom is 0.128 e. The summed E-state index contributed by atoms with van der Waals surface area (Å²) in [6.07, 6.45) is 2.24. The Morgan fingerprint density at radius 3 is 2.53 bits per heavy atom. The molecule has 2 nitrogen and oxygen atoms in total. The first kappa shape index (κ1) is 14.1. The van der Waals surface area contributed by atoms with E-state index in [1.54, 1.807) is 6.07 Å². The second kappa shape index (κ2) is 6.72. The zero-order valence-corrected chi connectivity index (χ0v) is 11.0. The first-order valence-electron chi connectivity index (χ1n) is 6.28. The molecular weight excluding hydrogens is 215 g/mol. The average molecular weight is 238 g/mol. The normalized spacial score (nSPS) is 14.9. The van der Waals surface area contributed by atoms with Crippen LogP contribution in [0.3, 0.4) is 0 Å². The fraction of sp³-hybridized carbons (Fsp3) is 0.571. The molecule has 0 amide bonds. The van der Waals surface area contributed by atoms with E-state index in [-0.39, 0.29) is 17.9 Å². The van der Waals surface area contributed by atoms with E-state index in [1.807, 2.05) is 26.1 Å². The first-order valence-corrected chi connectivity index (χ1v) is 6.28. The van der Waals surface area contributed by atoms with Crippen molar-refractivity contribution in [3.8, 4) is 0 Å². The summed E-state index contributed by atoms with van der Waals surface area (Å²) in [6, 6.07) is 6.76.